The van der Waals surface area contributed by atoms with Crippen molar-refractivity contribution in [1.82, 2.24) is 19.7 Å². The van der Waals surface area contributed by atoms with Gasteiger partial charge in [0.25, 0.3) is 0 Å². The average molecular weight is 673 g/mol. The number of aldehydes is 1. The third kappa shape index (κ3) is 6.91. The lowest BCUT2D eigenvalue weighted by Crippen LogP contribution is -2.35. The highest BCUT2D eigenvalue weighted by atomic mass is 32.2. The predicted molar refractivity (Wildman–Crippen MR) is 187 cm³/mol. The minimum atomic E-state index is -0.731. The number of halogens is 2. The van der Waals surface area contributed by atoms with Gasteiger partial charge in [-0.1, -0.05) is 44.5 Å². The third-order valence-corrected chi connectivity index (χ3v) is 10.8. The van der Waals surface area contributed by atoms with Crippen molar-refractivity contribution >= 4 is 29.0 Å². The maximum atomic E-state index is 15.7. The van der Waals surface area contributed by atoms with E-state index in [9.17, 15) is 4.79 Å². The fourth-order valence-corrected chi connectivity index (χ4v) is 8.02. The molecule has 0 saturated heterocycles. The van der Waals surface area contributed by atoms with Crippen molar-refractivity contribution in [2.75, 3.05) is 25.2 Å². The Bertz CT molecular complexity index is 1920. The molecule has 0 amide bonds. The zero-order valence-electron chi connectivity index (χ0n) is 27.9. The normalized spacial score (nSPS) is 18.5. The first-order valence-corrected chi connectivity index (χ1v) is 17.6. The van der Waals surface area contributed by atoms with E-state index >= 15 is 8.78 Å². The van der Waals surface area contributed by atoms with Crippen LogP contribution in [-0.4, -0.2) is 51.3 Å². The van der Waals surface area contributed by atoms with Crippen LogP contribution in [0.1, 0.15) is 62.0 Å². The van der Waals surface area contributed by atoms with Crippen molar-refractivity contribution < 1.29 is 23.0 Å². The Labute approximate surface area is 284 Å². The Balaban J connectivity index is 1.50. The Morgan fingerprint density at radius 2 is 1.96 bits per heavy atom. The Morgan fingerprint density at radius 3 is 2.77 bits per heavy atom. The van der Waals surface area contributed by atoms with Crippen LogP contribution in [-0.2, 0) is 34.8 Å². The molecule has 0 fully saturated rings. The Hall–Kier alpha value is -4.02. The molecule has 0 spiro atoms. The summed E-state index contributed by atoms with van der Waals surface area (Å²) < 4.78 is 45.1. The molecule has 0 saturated carbocycles. The molecule has 7 nitrogen and oxygen atoms in total. The number of fused-ring (bicyclic) bond motifs is 8. The van der Waals surface area contributed by atoms with Crippen LogP contribution in [0.15, 0.2) is 60.8 Å². The predicted octanol–water partition coefficient (Wildman–Crippen LogP) is 8.58. The van der Waals surface area contributed by atoms with Gasteiger partial charge in [-0.15, -0.1) is 0 Å². The zero-order chi connectivity index (χ0) is 33.9. The summed E-state index contributed by atoms with van der Waals surface area (Å²) in [5, 5.41) is 5.82. The van der Waals surface area contributed by atoms with Gasteiger partial charge in [-0.3, -0.25) is 0 Å². The summed E-state index contributed by atoms with van der Waals surface area (Å²) in [6.45, 7) is 4.88. The van der Waals surface area contributed by atoms with E-state index in [0.717, 1.165) is 52.7 Å². The molecule has 6 rings (SSSR count). The summed E-state index contributed by atoms with van der Waals surface area (Å²) in [6, 6.07) is 16.0. The van der Waals surface area contributed by atoms with Gasteiger partial charge in [0.05, 0.1) is 17.6 Å². The number of H-pyrrole nitrogens is 1. The fourth-order valence-electron chi connectivity index (χ4n) is 6.83. The second-order valence-corrected chi connectivity index (χ2v) is 14.6. The minimum absolute atomic E-state index is 0.0225. The van der Waals surface area contributed by atoms with Gasteiger partial charge in [-0.05, 0) is 78.0 Å². The zero-order valence-corrected chi connectivity index (χ0v) is 28.8. The molecule has 1 aliphatic heterocycles. The van der Waals surface area contributed by atoms with Crippen molar-refractivity contribution in [2.45, 2.75) is 57.8 Å². The lowest BCUT2D eigenvalue weighted by Gasteiger charge is -2.33. The van der Waals surface area contributed by atoms with Crippen molar-refractivity contribution in [1.29, 1.82) is 0 Å². The summed E-state index contributed by atoms with van der Waals surface area (Å²) in [5.74, 6) is 2.04. The molecular formula is C38H42F2N4O3S. The molecule has 1 aliphatic rings. The molecule has 1 N–H and O–H groups in total. The van der Waals surface area contributed by atoms with E-state index in [0.29, 0.717) is 55.2 Å². The number of carbonyl (C=O) groups excluding carboxylic acids is 1. The summed E-state index contributed by atoms with van der Waals surface area (Å²) in [5.41, 5.74) is 3.02. The average Bonchev–Trinajstić information content (AvgIpc) is 3.69. The van der Waals surface area contributed by atoms with E-state index in [4.69, 9.17) is 19.6 Å². The topological polar surface area (TPSA) is 82.0 Å². The smallest absolute Gasteiger partial charge is 0.168 e. The van der Waals surface area contributed by atoms with E-state index in [2.05, 4.69) is 31.0 Å². The second-order valence-electron chi connectivity index (χ2n) is 13.5. The highest BCUT2D eigenvalue weighted by Gasteiger charge is 2.40. The van der Waals surface area contributed by atoms with Crippen LogP contribution in [0.5, 0.6) is 11.5 Å². The number of methoxy groups -OCH3 is 1. The Kier molecular flexibility index (Phi) is 10.0. The van der Waals surface area contributed by atoms with E-state index < -0.39 is 17.0 Å². The number of aromatic amines is 1. The fraction of sp³-hybridized carbons (Fsp3) is 0.395. The first-order valence-electron chi connectivity index (χ1n) is 16.4. The molecule has 2 aromatic heterocycles. The molecule has 5 aromatic rings. The van der Waals surface area contributed by atoms with Crippen LogP contribution in [0.3, 0.4) is 0 Å². The molecule has 1 unspecified atom stereocenters. The quantitative estimate of drug-likeness (QED) is 0.182. The summed E-state index contributed by atoms with van der Waals surface area (Å²) >= 11 is 1.85. The molecule has 48 heavy (non-hydrogen) atoms. The first kappa shape index (κ1) is 33.9. The van der Waals surface area contributed by atoms with Gasteiger partial charge >= 0.3 is 0 Å². The van der Waals surface area contributed by atoms with Crippen LogP contribution in [0.25, 0.3) is 22.3 Å². The van der Waals surface area contributed by atoms with Crippen molar-refractivity contribution in [2.24, 2.45) is 12.5 Å². The first-order chi connectivity index (χ1) is 23.1. The molecule has 10 heteroatoms. The molecule has 3 heterocycles. The Morgan fingerprint density at radius 1 is 1.10 bits per heavy atom. The van der Waals surface area contributed by atoms with Crippen molar-refractivity contribution in [3.8, 4) is 22.9 Å². The van der Waals surface area contributed by atoms with Crippen LogP contribution in [0.2, 0.25) is 0 Å². The second kappa shape index (κ2) is 14.2. The van der Waals surface area contributed by atoms with Crippen molar-refractivity contribution in [3.63, 3.8) is 0 Å². The van der Waals surface area contributed by atoms with Gasteiger partial charge < -0.3 is 19.3 Å². The number of nitrogens with zero attached hydrogens (tertiary/aromatic N) is 3. The van der Waals surface area contributed by atoms with E-state index in [1.165, 1.54) is 18.2 Å². The van der Waals surface area contributed by atoms with Gasteiger partial charge in [0.2, 0.25) is 0 Å². The van der Waals surface area contributed by atoms with E-state index in [1.807, 2.05) is 30.0 Å². The highest BCUT2D eigenvalue weighted by molar-refractivity contribution is 7.99. The van der Waals surface area contributed by atoms with Crippen LogP contribution < -0.4 is 4.74 Å². The number of aromatic nitrogens is 4. The molecule has 0 aliphatic carbocycles. The number of hydrogen-bond donors (Lipinski definition) is 1. The minimum Gasteiger partial charge on any atom is -0.454 e. The van der Waals surface area contributed by atoms with Crippen LogP contribution in [0, 0.1) is 17.0 Å². The van der Waals surface area contributed by atoms with Crippen LogP contribution in [0.4, 0.5) is 8.78 Å². The SMILES string of the molecule is COCC1(c2cccc(CCC=O)c2)CCCC(C)(C)CSCCc2c(c(F)cc3[nH]ccc23)Oc2ccc(F)c(c2)-c2nc1nn2C. The van der Waals surface area contributed by atoms with Gasteiger partial charge in [0, 0.05) is 49.3 Å². The highest BCUT2D eigenvalue weighted by Crippen LogP contribution is 2.41. The monoisotopic (exact) mass is 672 g/mol. The number of benzene rings is 3. The maximum Gasteiger partial charge on any atom is 0.168 e. The number of ether oxygens (including phenoxy) is 2. The van der Waals surface area contributed by atoms with Gasteiger partial charge in [-0.2, -0.15) is 16.9 Å². The summed E-state index contributed by atoms with van der Waals surface area (Å²) in [6.07, 6.45) is 6.94. The molecule has 3 aromatic carbocycles. The number of thioether (sulfide) groups is 1. The molecule has 4 bridgehead atoms. The lowest BCUT2D eigenvalue weighted by molar-refractivity contribution is -0.107. The largest absolute Gasteiger partial charge is 0.454 e. The number of carbonyl (C=O) groups is 1. The van der Waals surface area contributed by atoms with Crippen molar-refractivity contribution in [3.05, 3.63) is 94.9 Å². The van der Waals surface area contributed by atoms with E-state index in [-0.39, 0.29) is 16.7 Å². The number of aryl methyl sites for hydroxylation is 3. The lowest BCUT2D eigenvalue weighted by atomic mass is 9.74. The van der Waals surface area contributed by atoms with E-state index in [1.54, 1.807) is 31.1 Å². The van der Waals surface area contributed by atoms with Gasteiger partial charge in [0.1, 0.15) is 17.9 Å². The maximum absolute atomic E-state index is 15.7. The van der Waals surface area contributed by atoms with Gasteiger partial charge in [-0.25, -0.2) is 18.4 Å². The molecule has 252 valence electrons. The molecular weight excluding hydrogens is 631 g/mol. The standard InChI is InChI=1S/C38H42F2N4O3S/c1-37(2)15-7-16-38(23-46-4,26-10-5-8-25(20-26)9-6-18-45)36-42-35(44(3)43-36)30-21-27(11-12-31(30)39)47-34-29(14-19-48-24-37)28-13-17-41-33(28)22-32(34)40/h5,8,10-13,17-18,20-22,41H,6-7,9,14-16,19,23-24H2,1-4H3. The molecule has 0 radical (unpaired) electrons. The number of hydrogen-bond acceptors (Lipinski definition) is 6. The van der Waals surface area contributed by atoms with Gasteiger partial charge in [0.15, 0.2) is 23.2 Å². The summed E-state index contributed by atoms with van der Waals surface area (Å²) in [7, 11) is 3.42. The number of nitrogens with one attached hydrogen (secondary N) is 1. The molecule has 1 atom stereocenters. The third-order valence-electron chi connectivity index (χ3n) is 9.32. The summed E-state index contributed by atoms with van der Waals surface area (Å²) in [4.78, 5) is 19.3. The number of rotatable bonds is 6. The van der Waals surface area contributed by atoms with Crippen LogP contribution >= 0.6 is 11.8 Å².